The van der Waals surface area contributed by atoms with Crippen molar-refractivity contribution >= 4 is 17.6 Å². The number of nitro groups is 1. The molecule has 6 heteroatoms. The molecule has 0 saturated carbocycles. The van der Waals surface area contributed by atoms with Crippen LogP contribution in [0.4, 0.5) is 11.4 Å². The first-order chi connectivity index (χ1) is 11.0. The molecule has 0 spiro atoms. The molecule has 2 rings (SSSR count). The molecule has 0 atom stereocenters. The Hall–Kier alpha value is -2.89. The fraction of sp³-hybridized carbons (Fsp3) is 0.235. The number of ether oxygens (including phenoxy) is 1. The molecule has 0 amide bonds. The summed E-state index contributed by atoms with van der Waals surface area (Å²) >= 11 is 0. The van der Waals surface area contributed by atoms with Crippen molar-refractivity contribution in [3.63, 3.8) is 0 Å². The molecule has 23 heavy (non-hydrogen) atoms. The second-order valence-electron chi connectivity index (χ2n) is 5.11. The molecule has 0 heterocycles. The first kappa shape index (κ1) is 16.5. The summed E-state index contributed by atoms with van der Waals surface area (Å²) < 4.78 is 5.67. The van der Waals surface area contributed by atoms with Gasteiger partial charge in [-0.2, -0.15) is 5.10 Å². The molecule has 0 bridgehead atoms. The van der Waals surface area contributed by atoms with E-state index in [4.69, 9.17) is 4.74 Å². The molecule has 6 nitrogen and oxygen atoms in total. The van der Waals surface area contributed by atoms with E-state index in [9.17, 15) is 10.1 Å². The fourth-order valence-electron chi connectivity index (χ4n) is 2.26. The summed E-state index contributed by atoms with van der Waals surface area (Å²) in [5.74, 6) is 0.812. The number of rotatable bonds is 6. The number of nitrogens with one attached hydrogen (secondary N) is 1. The maximum absolute atomic E-state index is 10.6. The second-order valence-corrected chi connectivity index (χ2v) is 5.11. The number of non-ortho nitro benzene ring substituents is 1. The van der Waals surface area contributed by atoms with Gasteiger partial charge in [0.15, 0.2) is 0 Å². The van der Waals surface area contributed by atoms with Crippen LogP contribution in [0, 0.1) is 24.0 Å². The third kappa shape index (κ3) is 4.29. The summed E-state index contributed by atoms with van der Waals surface area (Å²) in [6, 6.07) is 10.1. The Bertz CT molecular complexity index is 725. The zero-order chi connectivity index (χ0) is 16.8. The number of nitrogens with zero attached hydrogens (tertiary/aromatic N) is 2. The Morgan fingerprint density at radius 1 is 1.26 bits per heavy atom. The number of hydrazone groups is 1. The lowest BCUT2D eigenvalue weighted by Gasteiger charge is -2.11. The molecule has 0 aliphatic carbocycles. The predicted octanol–water partition coefficient (Wildman–Crippen LogP) is 4.06. The third-order valence-electron chi connectivity index (χ3n) is 3.21. The lowest BCUT2D eigenvalue weighted by atomic mass is 10.1. The minimum Gasteiger partial charge on any atom is -0.493 e. The highest BCUT2D eigenvalue weighted by atomic mass is 16.6. The average molecular weight is 313 g/mol. The molecule has 0 unspecified atom stereocenters. The lowest BCUT2D eigenvalue weighted by Crippen LogP contribution is -2.00. The van der Waals surface area contributed by atoms with Gasteiger partial charge in [0.05, 0.1) is 23.4 Å². The van der Waals surface area contributed by atoms with Crippen molar-refractivity contribution in [2.24, 2.45) is 5.10 Å². The standard InChI is InChI=1S/C17H19N3O3/c1-4-23-17-13(3)9-12(2)10-14(17)11-18-19-15-5-7-16(8-6-15)20(21)22/h5-11,19H,4H2,1-3H3. The number of hydrogen-bond acceptors (Lipinski definition) is 5. The zero-order valence-corrected chi connectivity index (χ0v) is 13.4. The summed E-state index contributed by atoms with van der Waals surface area (Å²) in [6.07, 6.45) is 1.69. The molecular weight excluding hydrogens is 294 g/mol. The van der Waals surface area contributed by atoms with Crippen LogP contribution < -0.4 is 10.2 Å². The van der Waals surface area contributed by atoms with Crippen LogP contribution in [0.15, 0.2) is 41.5 Å². The van der Waals surface area contributed by atoms with Gasteiger partial charge in [-0.1, -0.05) is 6.07 Å². The molecule has 0 saturated heterocycles. The number of aryl methyl sites for hydroxylation is 2. The van der Waals surface area contributed by atoms with Gasteiger partial charge in [-0.15, -0.1) is 0 Å². The molecule has 120 valence electrons. The maximum atomic E-state index is 10.6. The van der Waals surface area contributed by atoms with E-state index >= 15 is 0 Å². The van der Waals surface area contributed by atoms with Crippen LogP contribution in [0.3, 0.4) is 0 Å². The van der Waals surface area contributed by atoms with E-state index in [1.165, 1.54) is 12.1 Å². The van der Waals surface area contributed by atoms with Gasteiger partial charge in [-0.05, 0) is 50.1 Å². The molecule has 0 aromatic heterocycles. The Morgan fingerprint density at radius 3 is 2.57 bits per heavy atom. The third-order valence-corrected chi connectivity index (χ3v) is 3.21. The van der Waals surface area contributed by atoms with Gasteiger partial charge < -0.3 is 4.74 Å². The van der Waals surface area contributed by atoms with Gasteiger partial charge in [0, 0.05) is 17.7 Å². The van der Waals surface area contributed by atoms with E-state index in [1.54, 1.807) is 18.3 Å². The van der Waals surface area contributed by atoms with Gasteiger partial charge in [0.1, 0.15) is 5.75 Å². The van der Waals surface area contributed by atoms with E-state index in [2.05, 4.69) is 16.6 Å². The van der Waals surface area contributed by atoms with Crippen LogP contribution in [0.1, 0.15) is 23.6 Å². The van der Waals surface area contributed by atoms with Crippen LogP contribution in [-0.4, -0.2) is 17.7 Å². The van der Waals surface area contributed by atoms with Crippen LogP contribution >= 0.6 is 0 Å². The molecule has 0 fully saturated rings. The topological polar surface area (TPSA) is 76.8 Å². The number of benzene rings is 2. The van der Waals surface area contributed by atoms with Crippen molar-refractivity contribution in [3.05, 3.63) is 63.2 Å². The summed E-state index contributed by atoms with van der Waals surface area (Å²) in [4.78, 5) is 10.2. The van der Waals surface area contributed by atoms with E-state index < -0.39 is 4.92 Å². The first-order valence-electron chi connectivity index (χ1n) is 7.29. The quantitative estimate of drug-likeness (QED) is 0.496. The molecule has 0 radical (unpaired) electrons. The molecule has 0 aliphatic heterocycles. The monoisotopic (exact) mass is 313 g/mol. The fourth-order valence-corrected chi connectivity index (χ4v) is 2.26. The minimum atomic E-state index is -0.434. The van der Waals surface area contributed by atoms with Crippen LogP contribution in [0.25, 0.3) is 0 Å². The molecule has 0 aliphatic rings. The predicted molar refractivity (Wildman–Crippen MR) is 91.4 cm³/mol. The summed E-state index contributed by atoms with van der Waals surface area (Å²) in [5.41, 5.74) is 6.66. The van der Waals surface area contributed by atoms with Crippen molar-refractivity contribution in [2.45, 2.75) is 20.8 Å². The highest BCUT2D eigenvalue weighted by molar-refractivity contribution is 5.85. The lowest BCUT2D eigenvalue weighted by molar-refractivity contribution is -0.384. The second kappa shape index (κ2) is 7.40. The van der Waals surface area contributed by atoms with Crippen molar-refractivity contribution in [2.75, 3.05) is 12.0 Å². The Kier molecular flexibility index (Phi) is 5.30. The van der Waals surface area contributed by atoms with Crippen LogP contribution in [0.2, 0.25) is 0 Å². The van der Waals surface area contributed by atoms with E-state index in [1.807, 2.05) is 26.8 Å². The van der Waals surface area contributed by atoms with Crippen LogP contribution in [0.5, 0.6) is 5.75 Å². The van der Waals surface area contributed by atoms with Gasteiger partial charge in [0.2, 0.25) is 0 Å². The molecule has 1 N–H and O–H groups in total. The van der Waals surface area contributed by atoms with E-state index in [-0.39, 0.29) is 5.69 Å². The normalized spacial score (nSPS) is 10.7. The zero-order valence-electron chi connectivity index (χ0n) is 13.4. The summed E-state index contributed by atoms with van der Waals surface area (Å²) in [5, 5.41) is 14.8. The van der Waals surface area contributed by atoms with Gasteiger partial charge in [-0.3, -0.25) is 15.5 Å². The van der Waals surface area contributed by atoms with Gasteiger partial charge >= 0.3 is 0 Å². The van der Waals surface area contributed by atoms with E-state index in [0.29, 0.717) is 12.3 Å². The molecular formula is C17H19N3O3. The SMILES string of the molecule is CCOc1c(C)cc(C)cc1C=NNc1ccc([N+](=O)[O-])cc1. The smallest absolute Gasteiger partial charge is 0.269 e. The minimum absolute atomic E-state index is 0.0486. The maximum Gasteiger partial charge on any atom is 0.269 e. The Labute approximate surface area is 134 Å². The molecule has 2 aromatic carbocycles. The van der Waals surface area contributed by atoms with Crippen LogP contribution in [-0.2, 0) is 0 Å². The average Bonchev–Trinajstić information content (AvgIpc) is 2.51. The Morgan fingerprint density at radius 2 is 1.96 bits per heavy atom. The van der Waals surface area contributed by atoms with Crippen molar-refractivity contribution < 1.29 is 9.66 Å². The highest BCUT2D eigenvalue weighted by Crippen LogP contribution is 2.24. The number of hydrogen-bond donors (Lipinski definition) is 1. The van der Waals surface area contributed by atoms with Gasteiger partial charge in [-0.25, -0.2) is 0 Å². The summed E-state index contributed by atoms with van der Waals surface area (Å²) in [7, 11) is 0. The highest BCUT2D eigenvalue weighted by Gasteiger charge is 2.07. The largest absolute Gasteiger partial charge is 0.493 e. The van der Waals surface area contributed by atoms with E-state index in [0.717, 1.165) is 22.4 Å². The van der Waals surface area contributed by atoms with Gasteiger partial charge in [0.25, 0.3) is 5.69 Å². The first-order valence-corrected chi connectivity index (χ1v) is 7.29. The summed E-state index contributed by atoms with van der Waals surface area (Å²) in [6.45, 7) is 6.54. The van der Waals surface area contributed by atoms with Crippen molar-refractivity contribution in [1.82, 2.24) is 0 Å². The van der Waals surface area contributed by atoms with Crippen molar-refractivity contribution in [1.29, 1.82) is 0 Å². The number of anilines is 1. The number of nitro benzene ring substituents is 1. The van der Waals surface area contributed by atoms with Crippen molar-refractivity contribution in [3.8, 4) is 5.75 Å². The Balaban J connectivity index is 2.15. The molecule has 2 aromatic rings.